The molecule has 7 heteroatoms. The van der Waals surface area contributed by atoms with Gasteiger partial charge in [-0.1, -0.05) is 5.16 Å². The lowest BCUT2D eigenvalue weighted by Crippen LogP contribution is -2.07. The van der Waals surface area contributed by atoms with Gasteiger partial charge in [-0.05, 0) is 25.1 Å². The summed E-state index contributed by atoms with van der Waals surface area (Å²) in [6.45, 7) is 1.92. The van der Waals surface area contributed by atoms with E-state index >= 15 is 0 Å². The molecule has 3 rings (SSSR count). The number of methoxy groups -OCH3 is 1. The van der Waals surface area contributed by atoms with Crippen LogP contribution in [0.15, 0.2) is 45.7 Å². The summed E-state index contributed by atoms with van der Waals surface area (Å²) in [4.78, 5) is 8.43. The van der Waals surface area contributed by atoms with Crippen LogP contribution in [0.5, 0.6) is 5.88 Å². The minimum atomic E-state index is -0.156. The highest BCUT2D eigenvalue weighted by Crippen LogP contribution is 2.22. The van der Waals surface area contributed by atoms with E-state index in [4.69, 9.17) is 13.7 Å². The lowest BCUT2D eigenvalue weighted by Gasteiger charge is -2.10. The van der Waals surface area contributed by atoms with E-state index in [-0.39, 0.29) is 6.04 Å². The fourth-order valence-corrected chi connectivity index (χ4v) is 1.82. The van der Waals surface area contributed by atoms with Gasteiger partial charge in [0.05, 0.1) is 25.3 Å². The Labute approximate surface area is 121 Å². The third kappa shape index (κ3) is 2.86. The molecule has 3 heterocycles. The van der Waals surface area contributed by atoms with Crippen LogP contribution in [0.25, 0.3) is 11.6 Å². The highest BCUT2D eigenvalue weighted by atomic mass is 16.5. The first-order chi connectivity index (χ1) is 10.3. The van der Waals surface area contributed by atoms with Gasteiger partial charge in [0.25, 0.3) is 0 Å². The van der Waals surface area contributed by atoms with Crippen LogP contribution in [-0.4, -0.2) is 22.2 Å². The van der Waals surface area contributed by atoms with Gasteiger partial charge in [-0.3, -0.25) is 0 Å². The molecule has 1 atom stereocenters. The van der Waals surface area contributed by atoms with Gasteiger partial charge in [0, 0.05) is 6.07 Å². The zero-order valence-electron chi connectivity index (χ0n) is 11.6. The Balaban J connectivity index is 1.71. The van der Waals surface area contributed by atoms with Gasteiger partial charge in [0.2, 0.25) is 17.6 Å². The summed E-state index contributed by atoms with van der Waals surface area (Å²) < 4.78 is 15.5. The molecule has 7 nitrogen and oxygen atoms in total. The first kappa shape index (κ1) is 13.2. The smallest absolute Gasteiger partial charge is 0.249 e. The maximum absolute atomic E-state index is 5.24. The van der Waals surface area contributed by atoms with Crippen LogP contribution >= 0.6 is 0 Å². The van der Waals surface area contributed by atoms with E-state index in [0.717, 1.165) is 5.69 Å². The average Bonchev–Trinajstić information content (AvgIpc) is 3.19. The monoisotopic (exact) mass is 286 g/mol. The Kier molecular flexibility index (Phi) is 3.55. The molecule has 3 aromatic rings. The van der Waals surface area contributed by atoms with Crippen molar-refractivity contribution in [1.29, 1.82) is 0 Å². The maximum Gasteiger partial charge on any atom is 0.249 e. The Morgan fingerprint density at radius 3 is 2.86 bits per heavy atom. The van der Waals surface area contributed by atoms with Crippen LogP contribution in [0, 0.1) is 0 Å². The Morgan fingerprint density at radius 2 is 2.19 bits per heavy atom. The van der Waals surface area contributed by atoms with Crippen LogP contribution in [0.4, 0.5) is 5.69 Å². The molecule has 1 unspecified atom stereocenters. The third-order valence-electron chi connectivity index (χ3n) is 2.88. The van der Waals surface area contributed by atoms with E-state index in [0.29, 0.717) is 23.4 Å². The number of pyridine rings is 1. The van der Waals surface area contributed by atoms with Crippen LogP contribution in [0.1, 0.15) is 18.9 Å². The molecule has 0 saturated carbocycles. The minimum absolute atomic E-state index is 0.156. The number of hydrogen-bond donors (Lipinski definition) is 1. The Morgan fingerprint density at radius 1 is 1.29 bits per heavy atom. The number of ether oxygens (including phenoxy) is 1. The maximum atomic E-state index is 5.24. The summed E-state index contributed by atoms with van der Waals surface area (Å²) in [7, 11) is 1.58. The van der Waals surface area contributed by atoms with E-state index < -0.39 is 0 Å². The Hall–Kier alpha value is -2.83. The molecule has 0 spiro atoms. The largest absolute Gasteiger partial charge is 0.481 e. The molecule has 0 aliphatic rings. The molecule has 1 N–H and O–H groups in total. The quantitative estimate of drug-likeness (QED) is 0.771. The van der Waals surface area contributed by atoms with Gasteiger partial charge < -0.3 is 19.0 Å². The molecule has 0 amide bonds. The van der Waals surface area contributed by atoms with Gasteiger partial charge in [0.15, 0.2) is 5.76 Å². The van der Waals surface area contributed by atoms with E-state index in [1.165, 1.54) is 0 Å². The molecule has 0 aromatic carbocycles. The van der Waals surface area contributed by atoms with Gasteiger partial charge in [-0.2, -0.15) is 4.98 Å². The SMILES string of the molecule is COc1ccc(NC(C)c2nc(-c3ccco3)no2)cn1. The second kappa shape index (κ2) is 5.66. The number of aromatic nitrogens is 3. The fourth-order valence-electron chi connectivity index (χ4n) is 1.82. The number of rotatable bonds is 5. The van der Waals surface area contributed by atoms with Gasteiger partial charge in [-0.15, -0.1) is 0 Å². The molecule has 0 fully saturated rings. The highest BCUT2D eigenvalue weighted by molar-refractivity contribution is 5.46. The van der Waals surface area contributed by atoms with Crippen molar-refractivity contribution in [3.05, 3.63) is 42.6 Å². The molecule has 0 saturated heterocycles. The van der Waals surface area contributed by atoms with Crippen LogP contribution in [-0.2, 0) is 0 Å². The van der Waals surface area contributed by atoms with Gasteiger partial charge >= 0.3 is 0 Å². The van der Waals surface area contributed by atoms with Gasteiger partial charge in [-0.25, -0.2) is 4.98 Å². The average molecular weight is 286 g/mol. The molecular weight excluding hydrogens is 272 g/mol. The van der Waals surface area contributed by atoms with Crippen molar-refractivity contribution in [1.82, 2.24) is 15.1 Å². The van der Waals surface area contributed by atoms with Crippen molar-refractivity contribution in [2.24, 2.45) is 0 Å². The first-order valence-electron chi connectivity index (χ1n) is 6.40. The second-order valence-corrected chi connectivity index (χ2v) is 4.39. The summed E-state index contributed by atoms with van der Waals surface area (Å²) in [6.07, 6.45) is 3.25. The predicted octanol–water partition coefficient (Wildman–Crippen LogP) is 2.91. The topological polar surface area (TPSA) is 86.2 Å². The Bertz CT molecular complexity index is 691. The van der Waals surface area contributed by atoms with E-state index in [1.54, 1.807) is 37.8 Å². The van der Waals surface area contributed by atoms with E-state index in [9.17, 15) is 0 Å². The number of hydrogen-bond acceptors (Lipinski definition) is 7. The fraction of sp³-hybridized carbons (Fsp3) is 0.214. The summed E-state index contributed by atoms with van der Waals surface area (Å²) >= 11 is 0. The number of anilines is 1. The van der Waals surface area contributed by atoms with Crippen molar-refractivity contribution in [2.75, 3.05) is 12.4 Å². The molecule has 0 aliphatic carbocycles. The second-order valence-electron chi connectivity index (χ2n) is 4.39. The summed E-state index contributed by atoms with van der Waals surface area (Å²) in [5.41, 5.74) is 0.834. The molecule has 0 radical (unpaired) electrons. The van der Waals surface area contributed by atoms with E-state index in [2.05, 4.69) is 20.4 Å². The summed E-state index contributed by atoms with van der Waals surface area (Å²) in [5.74, 6) is 2.03. The molecule has 21 heavy (non-hydrogen) atoms. The summed E-state index contributed by atoms with van der Waals surface area (Å²) in [5, 5.41) is 7.12. The van der Waals surface area contributed by atoms with Crippen LogP contribution in [0.2, 0.25) is 0 Å². The van der Waals surface area contributed by atoms with E-state index in [1.807, 2.05) is 13.0 Å². The zero-order chi connectivity index (χ0) is 14.7. The van der Waals surface area contributed by atoms with Crippen LogP contribution in [0.3, 0.4) is 0 Å². The molecule has 108 valence electrons. The van der Waals surface area contributed by atoms with Crippen molar-refractivity contribution in [3.63, 3.8) is 0 Å². The standard InChI is InChI=1S/C14H14N4O3/c1-9(16-10-5-6-12(19-2)15-8-10)14-17-13(18-21-14)11-4-3-7-20-11/h3-9,16H,1-2H3. The van der Waals surface area contributed by atoms with Crippen molar-refractivity contribution >= 4 is 5.69 Å². The molecular formula is C14H14N4O3. The number of nitrogens with one attached hydrogen (secondary N) is 1. The zero-order valence-corrected chi connectivity index (χ0v) is 11.6. The molecule has 0 aliphatic heterocycles. The third-order valence-corrected chi connectivity index (χ3v) is 2.88. The predicted molar refractivity (Wildman–Crippen MR) is 74.8 cm³/mol. The molecule has 0 bridgehead atoms. The minimum Gasteiger partial charge on any atom is -0.481 e. The first-order valence-corrected chi connectivity index (χ1v) is 6.40. The van der Waals surface area contributed by atoms with Crippen molar-refractivity contribution in [2.45, 2.75) is 13.0 Å². The number of nitrogens with zero attached hydrogens (tertiary/aromatic N) is 3. The normalized spacial score (nSPS) is 12.1. The highest BCUT2D eigenvalue weighted by Gasteiger charge is 2.16. The molecule has 3 aromatic heterocycles. The lowest BCUT2D eigenvalue weighted by atomic mass is 10.3. The summed E-state index contributed by atoms with van der Waals surface area (Å²) in [6, 6.07) is 7.04. The van der Waals surface area contributed by atoms with Gasteiger partial charge in [0.1, 0.15) is 6.04 Å². The lowest BCUT2D eigenvalue weighted by molar-refractivity contribution is 0.367. The van der Waals surface area contributed by atoms with Crippen molar-refractivity contribution in [3.8, 4) is 17.5 Å². The van der Waals surface area contributed by atoms with Crippen molar-refractivity contribution < 1.29 is 13.7 Å². The number of furan rings is 1. The van der Waals surface area contributed by atoms with Crippen LogP contribution < -0.4 is 10.1 Å².